The molecule has 1 aromatic rings. The minimum Gasteiger partial charge on any atom is -0.399 e. The summed E-state index contributed by atoms with van der Waals surface area (Å²) in [6, 6.07) is 0. The highest BCUT2D eigenvalue weighted by Crippen LogP contribution is 2.65. The van der Waals surface area contributed by atoms with E-state index in [9.17, 15) is 0 Å². The van der Waals surface area contributed by atoms with Crippen molar-refractivity contribution in [3.8, 4) is 0 Å². The van der Waals surface area contributed by atoms with Crippen LogP contribution in [0.25, 0.3) is 0 Å². The lowest BCUT2D eigenvalue weighted by atomic mass is 9.45. The second-order valence-electron chi connectivity index (χ2n) is 7.41. The van der Waals surface area contributed by atoms with E-state index in [1.165, 1.54) is 24.3 Å². The monoisotopic (exact) mass is 277 g/mol. The van der Waals surface area contributed by atoms with Crippen LogP contribution in [0.2, 0.25) is 0 Å². The molecule has 1 aromatic heterocycles. The fourth-order valence-electron chi connectivity index (χ4n) is 3.34. The Labute approximate surface area is 118 Å². The van der Waals surface area contributed by atoms with Crippen molar-refractivity contribution >= 4 is 23.2 Å². The summed E-state index contributed by atoms with van der Waals surface area (Å²) in [5.41, 5.74) is -0.0898. The summed E-state index contributed by atoms with van der Waals surface area (Å²) >= 11 is 1.79. The van der Waals surface area contributed by atoms with E-state index in [-0.39, 0.29) is 18.3 Å². The number of thiazole rings is 1. The summed E-state index contributed by atoms with van der Waals surface area (Å²) < 4.78 is 13.3. The summed E-state index contributed by atoms with van der Waals surface area (Å²) in [7, 11) is -0.247. The molecular formula is C14H20BNO2S. The molecule has 0 amide bonds. The molecule has 1 aliphatic heterocycles. The molecule has 5 heteroatoms. The average molecular weight is 277 g/mol. The van der Waals surface area contributed by atoms with Gasteiger partial charge in [0.25, 0.3) is 0 Å². The Morgan fingerprint density at radius 1 is 1.16 bits per heavy atom. The van der Waals surface area contributed by atoms with E-state index in [0.717, 1.165) is 10.7 Å². The van der Waals surface area contributed by atoms with Crippen LogP contribution >= 0.6 is 11.3 Å². The van der Waals surface area contributed by atoms with E-state index in [4.69, 9.17) is 9.31 Å². The number of aromatic nitrogens is 1. The number of rotatable bonds is 2. The third-order valence-corrected chi connectivity index (χ3v) is 6.77. The van der Waals surface area contributed by atoms with Gasteiger partial charge < -0.3 is 9.31 Å². The molecule has 3 nitrogen and oxygen atoms in total. The van der Waals surface area contributed by atoms with Crippen LogP contribution in [0.15, 0.2) is 6.20 Å². The van der Waals surface area contributed by atoms with Crippen molar-refractivity contribution < 1.29 is 9.31 Å². The zero-order valence-corrected chi connectivity index (χ0v) is 12.8. The van der Waals surface area contributed by atoms with Gasteiger partial charge in [0, 0.05) is 11.6 Å². The van der Waals surface area contributed by atoms with Gasteiger partial charge in [-0.2, -0.15) is 0 Å². The van der Waals surface area contributed by atoms with Crippen molar-refractivity contribution in [1.29, 1.82) is 0 Å². The van der Waals surface area contributed by atoms with E-state index in [2.05, 4.69) is 32.7 Å². The largest absolute Gasteiger partial charge is 0.507 e. The van der Waals surface area contributed by atoms with Crippen LogP contribution in [0.1, 0.15) is 52.0 Å². The van der Waals surface area contributed by atoms with Crippen molar-refractivity contribution in [3.63, 3.8) is 0 Å². The fourth-order valence-corrected chi connectivity index (χ4v) is 4.43. The topological polar surface area (TPSA) is 31.4 Å². The van der Waals surface area contributed by atoms with E-state index in [0.29, 0.717) is 5.41 Å². The molecule has 0 aromatic carbocycles. The van der Waals surface area contributed by atoms with Gasteiger partial charge in [0.2, 0.25) is 0 Å². The lowest BCUT2D eigenvalue weighted by molar-refractivity contribution is -0.0275. The maximum absolute atomic E-state index is 6.09. The molecule has 0 unspecified atom stereocenters. The first-order valence-electron chi connectivity index (χ1n) is 7.13. The zero-order valence-electron chi connectivity index (χ0n) is 12.0. The van der Waals surface area contributed by atoms with Gasteiger partial charge in [-0.25, -0.2) is 4.98 Å². The molecule has 1 saturated heterocycles. The van der Waals surface area contributed by atoms with Gasteiger partial charge in [0.15, 0.2) is 0 Å². The van der Waals surface area contributed by atoms with E-state index in [1.807, 2.05) is 6.20 Å². The number of hydrogen-bond acceptors (Lipinski definition) is 4. The fraction of sp³-hybridized carbons (Fsp3) is 0.786. The van der Waals surface area contributed by atoms with Crippen molar-refractivity contribution in [2.75, 3.05) is 0 Å². The highest BCUT2D eigenvalue weighted by atomic mass is 32.1. The second-order valence-corrected chi connectivity index (χ2v) is 8.48. The van der Waals surface area contributed by atoms with Gasteiger partial charge in [-0.3, -0.25) is 0 Å². The van der Waals surface area contributed by atoms with Gasteiger partial charge in [-0.1, -0.05) is 0 Å². The summed E-state index contributed by atoms with van der Waals surface area (Å²) in [5.74, 6) is 0.990. The molecule has 0 N–H and O–H groups in total. The second kappa shape index (κ2) is 3.44. The Morgan fingerprint density at radius 2 is 1.74 bits per heavy atom. The maximum Gasteiger partial charge on any atom is 0.507 e. The highest BCUT2D eigenvalue weighted by Gasteiger charge is 2.59. The van der Waals surface area contributed by atoms with Crippen LogP contribution in [-0.2, 0) is 14.7 Å². The van der Waals surface area contributed by atoms with Crippen LogP contribution in [0.3, 0.4) is 0 Å². The Morgan fingerprint density at radius 3 is 2.21 bits per heavy atom. The quantitative estimate of drug-likeness (QED) is 0.778. The van der Waals surface area contributed by atoms with Crippen molar-refractivity contribution in [3.05, 3.63) is 11.2 Å². The predicted octanol–water partition coefficient (Wildman–Crippen LogP) is 2.49. The smallest absolute Gasteiger partial charge is 0.399 e. The molecule has 2 bridgehead atoms. The van der Waals surface area contributed by atoms with Gasteiger partial charge in [-0.05, 0) is 52.9 Å². The first-order valence-corrected chi connectivity index (χ1v) is 7.95. The highest BCUT2D eigenvalue weighted by molar-refractivity contribution is 7.22. The van der Waals surface area contributed by atoms with Crippen LogP contribution in [0.4, 0.5) is 0 Å². The molecule has 0 radical (unpaired) electrons. The molecule has 0 atom stereocenters. The lowest BCUT2D eigenvalue weighted by Crippen LogP contribution is -2.55. The maximum atomic E-state index is 6.09. The van der Waals surface area contributed by atoms with Crippen LogP contribution in [0.5, 0.6) is 0 Å². The number of nitrogens with zero attached hydrogens (tertiary/aromatic N) is 1. The first kappa shape index (κ1) is 12.4. The van der Waals surface area contributed by atoms with Gasteiger partial charge in [0.1, 0.15) is 0 Å². The lowest BCUT2D eigenvalue weighted by Gasteiger charge is -2.60. The molecule has 3 aliphatic carbocycles. The molecule has 5 rings (SSSR count). The normalized spacial score (nSPS) is 37.9. The summed E-state index contributed by atoms with van der Waals surface area (Å²) in [6.07, 6.45) is 6.01. The van der Waals surface area contributed by atoms with Crippen LogP contribution in [0, 0.1) is 5.92 Å². The van der Waals surface area contributed by atoms with Crippen molar-refractivity contribution in [2.24, 2.45) is 5.92 Å². The van der Waals surface area contributed by atoms with E-state index < -0.39 is 0 Å². The van der Waals surface area contributed by atoms with E-state index >= 15 is 0 Å². The van der Waals surface area contributed by atoms with E-state index in [1.54, 1.807) is 11.3 Å². The minimum atomic E-state index is -0.266. The van der Waals surface area contributed by atoms with Gasteiger partial charge in [-0.15, -0.1) is 11.3 Å². The third kappa shape index (κ3) is 1.55. The standard InChI is InChI=1S/C14H20BNO2S/c1-12(2)13(3,4)18-15(17-12)10-8-16-11(19-10)14-5-9(6-14)7-14/h8-9H,5-7H2,1-4H3. The Balaban J connectivity index is 1.57. The predicted molar refractivity (Wildman–Crippen MR) is 76.8 cm³/mol. The first-order chi connectivity index (χ1) is 8.81. The molecule has 2 heterocycles. The molecule has 4 aliphatic rings. The van der Waals surface area contributed by atoms with Crippen molar-refractivity contribution in [1.82, 2.24) is 4.98 Å². The third-order valence-electron chi connectivity index (χ3n) is 5.50. The summed E-state index contributed by atoms with van der Waals surface area (Å²) in [6.45, 7) is 8.37. The summed E-state index contributed by atoms with van der Waals surface area (Å²) in [5, 5.41) is 1.31. The Kier molecular flexibility index (Phi) is 2.24. The zero-order chi connectivity index (χ0) is 13.5. The molecule has 0 spiro atoms. The molecule has 19 heavy (non-hydrogen) atoms. The Bertz CT molecular complexity index is 506. The molecule has 3 saturated carbocycles. The molecular weight excluding hydrogens is 257 g/mol. The number of hydrogen-bond donors (Lipinski definition) is 0. The Hall–Kier alpha value is -0.385. The average Bonchev–Trinajstić information content (AvgIpc) is 2.66. The van der Waals surface area contributed by atoms with Crippen LogP contribution in [-0.4, -0.2) is 23.3 Å². The van der Waals surface area contributed by atoms with Crippen LogP contribution < -0.4 is 4.78 Å². The molecule has 102 valence electrons. The van der Waals surface area contributed by atoms with Crippen molar-refractivity contribution in [2.45, 2.75) is 63.6 Å². The SMILES string of the molecule is CC1(C)OB(c2cnc(C34CC(C3)C4)s2)OC1(C)C. The van der Waals surface area contributed by atoms with Gasteiger partial charge >= 0.3 is 7.12 Å². The summed E-state index contributed by atoms with van der Waals surface area (Å²) in [4.78, 5) is 4.65. The molecule has 4 fully saturated rings. The van der Waals surface area contributed by atoms with Gasteiger partial charge in [0.05, 0.1) is 21.0 Å². The minimum absolute atomic E-state index is 0.247.